The second kappa shape index (κ2) is 8.23. The molecule has 4 aromatic rings. The zero-order chi connectivity index (χ0) is 20.4. The van der Waals surface area contributed by atoms with Crippen LogP contribution in [0.2, 0.25) is 5.02 Å². The standard InChI is InChI=1S/C21H16BrClN4O2/c1-13-6-8-14(9-7-13)19-10-18(26-29-19)21(28)24-20-16(22)12-27(25-20)11-15-4-2-3-5-17(15)23/h2-10,12H,11H2,1H3,(H,24,25,28). The molecule has 0 radical (unpaired) electrons. The van der Waals surface area contributed by atoms with Crippen LogP contribution in [0.25, 0.3) is 11.3 Å². The van der Waals surface area contributed by atoms with E-state index in [1.54, 1.807) is 16.9 Å². The van der Waals surface area contributed by atoms with Crippen LogP contribution in [0.15, 0.2) is 69.8 Å². The zero-order valence-corrected chi connectivity index (χ0v) is 17.7. The number of rotatable bonds is 5. The van der Waals surface area contributed by atoms with Crippen LogP contribution in [0, 0.1) is 6.92 Å². The number of nitrogens with zero attached hydrogens (tertiary/aromatic N) is 3. The van der Waals surface area contributed by atoms with E-state index in [-0.39, 0.29) is 5.69 Å². The van der Waals surface area contributed by atoms with Crippen LogP contribution >= 0.6 is 27.5 Å². The summed E-state index contributed by atoms with van der Waals surface area (Å²) in [4.78, 5) is 12.6. The molecule has 0 fully saturated rings. The quantitative estimate of drug-likeness (QED) is 0.413. The summed E-state index contributed by atoms with van der Waals surface area (Å²) < 4.78 is 7.66. The first kappa shape index (κ1) is 19.4. The van der Waals surface area contributed by atoms with Crippen LogP contribution in [-0.4, -0.2) is 20.8 Å². The zero-order valence-electron chi connectivity index (χ0n) is 15.4. The van der Waals surface area contributed by atoms with Crippen molar-refractivity contribution in [3.05, 3.63) is 87.1 Å². The first-order valence-electron chi connectivity index (χ1n) is 8.81. The number of hydrogen-bond donors (Lipinski definition) is 1. The molecule has 0 atom stereocenters. The molecule has 0 saturated heterocycles. The van der Waals surface area contributed by atoms with Crippen LogP contribution in [-0.2, 0) is 6.54 Å². The van der Waals surface area contributed by atoms with E-state index in [0.717, 1.165) is 16.7 Å². The highest BCUT2D eigenvalue weighted by atomic mass is 79.9. The van der Waals surface area contributed by atoms with E-state index in [1.807, 2.05) is 55.5 Å². The number of benzene rings is 2. The molecule has 0 aliphatic heterocycles. The first-order valence-corrected chi connectivity index (χ1v) is 9.98. The maximum absolute atomic E-state index is 12.6. The summed E-state index contributed by atoms with van der Waals surface area (Å²) in [6.45, 7) is 2.49. The molecule has 1 N–H and O–H groups in total. The summed E-state index contributed by atoms with van der Waals surface area (Å²) in [6, 6.07) is 16.9. The molecule has 2 aromatic carbocycles. The Morgan fingerprint density at radius 3 is 2.72 bits per heavy atom. The van der Waals surface area contributed by atoms with E-state index < -0.39 is 5.91 Å². The number of amides is 1. The lowest BCUT2D eigenvalue weighted by atomic mass is 10.1. The van der Waals surface area contributed by atoms with Crippen molar-refractivity contribution < 1.29 is 9.32 Å². The summed E-state index contributed by atoms with van der Waals surface area (Å²) in [6.07, 6.45) is 1.78. The van der Waals surface area contributed by atoms with Crippen LogP contribution in [0.1, 0.15) is 21.6 Å². The molecule has 146 valence electrons. The number of carbonyl (C=O) groups excluding carboxylic acids is 1. The smallest absolute Gasteiger partial charge is 0.279 e. The third-order valence-corrected chi connectivity index (χ3v) is 5.27. The van der Waals surface area contributed by atoms with Gasteiger partial charge < -0.3 is 9.84 Å². The molecular weight excluding hydrogens is 456 g/mol. The molecule has 2 aromatic heterocycles. The third-order valence-electron chi connectivity index (χ3n) is 4.32. The van der Waals surface area contributed by atoms with E-state index in [1.165, 1.54) is 0 Å². The molecule has 8 heteroatoms. The van der Waals surface area contributed by atoms with Gasteiger partial charge in [-0.2, -0.15) is 5.10 Å². The summed E-state index contributed by atoms with van der Waals surface area (Å²) in [7, 11) is 0. The fourth-order valence-electron chi connectivity index (χ4n) is 2.77. The minimum Gasteiger partial charge on any atom is -0.355 e. The van der Waals surface area contributed by atoms with E-state index in [9.17, 15) is 4.79 Å². The molecule has 0 bridgehead atoms. The normalized spacial score (nSPS) is 10.9. The van der Waals surface area contributed by atoms with Crippen molar-refractivity contribution in [2.45, 2.75) is 13.5 Å². The van der Waals surface area contributed by atoms with E-state index in [2.05, 4.69) is 31.5 Å². The number of carbonyl (C=O) groups is 1. The maximum Gasteiger partial charge on any atom is 0.279 e. The van der Waals surface area contributed by atoms with Crippen molar-refractivity contribution in [3.63, 3.8) is 0 Å². The Labute approximate surface area is 180 Å². The highest BCUT2D eigenvalue weighted by molar-refractivity contribution is 9.10. The summed E-state index contributed by atoms with van der Waals surface area (Å²) in [5.41, 5.74) is 3.10. The monoisotopic (exact) mass is 470 g/mol. The highest BCUT2D eigenvalue weighted by Crippen LogP contribution is 2.24. The number of anilines is 1. The Hall–Kier alpha value is -2.90. The minimum atomic E-state index is -0.407. The number of halogens is 2. The van der Waals surface area contributed by atoms with Gasteiger partial charge in [0, 0.05) is 22.8 Å². The predicted octanol–water partition coefficient (Wildman–Crippen LogP) is 5.56. The molecule has 0 saturated carbocycles. The maximum atomic E-state index is 12.6. The van der Waals surface area contributed by atoms with E-state index in [4.69, 9.17) is 16.1 Å². The number of aryl methyl sites for hydroxylation is 1. The Morgan fingerprint density at radius 2 is 1.97 bits per heavy atom. The molecule has 0 unspecified atom stereocenters. The average Bonchev–Trinajstić information content (AvgIpc) is 3.32. The first-order chi connectivity index (χ1) is 14.0. The Balaban J connectivity index is 1.48. The van der Waals surface area contributed by atoms with Gasteiger partial charge in [0.1, 0.15) is 0 Å². The SMILES string of the molecule is Cc1ccc(-c2cc(C(=O)Nc3nn(Cc4ccccc4Cl)cc3Br)no2)cc1. The Kier molecular flexibility index (Phi) is 5.51. The average molecular weight is 472 g/mol. The van der Waals surface area contributed by atoms with Gasteiger partial charge in [-0.15, -0.1) is 0 Å². The molecule has 2 heterocycles. The summed E-state index contributed by atoms with van der Waals surface area (Å²) in [5.74, 6) is 0.510. The van der Waals surface area contributed by atoms with E-state index >= 15 is 0 Å². The predicted molar refractivity (Wildman–Crippen MR) is 115 cm³/mol. The van der Waals surface area contributed by atoms with Gasteiger partial charge in [0.2, 0.25) is 0 Å². The van der Waals surface area contributed by atoms with Crippen molar-refractivity contribution in [2.24, 2.45) is 0 Å². The second-order valence-corrected chi connectivity index (χ2v) is 7.77. The van der Waals surface area contributed by atoms with Gasteiger partial charge in [-0.3, -0.25) is 9.48 Å². The van der Waals surface area contributed by atoms with Crippen LogP contribution in [0.5, 0.6) is 0 Å². The third kappa shape index (κ3) is 4.41. The van der Waals surface area contributed by atoms with Gasteiger partial charge in [-0.05, 0) is 34.5 Å². The van der Waals surface area contributed by atoms with Gasteiger partial charge in [0.25, 0.3) is 5.91 Å². The Morgan fingerprint density at radius 1 is 1.21 bits per heavy atom. The summed E-state index contributed by atoms with van der Waals surface area (Å²) in [5, 5.41) is 11.7. The van der Waals surface area contributed by atoms with Crippen LogP contribution < -0.4 is 5.32 Å². The van der Waals surface area contributed by atoms with Gasteiger partial charge in [0.05, 0.1) is 11.0 Å². The second-order valence-electron chi connectivity index (χ2n) is 6.51. The Bertz CT molecular complexity index is 1170. The minimum absolute atomic E-state index is 0.174. The molecule has 0 aliphatic rings. The lowest BCUT2D eigenvalue weighted by Crippen LogP contribution is -2.13. The molecular formula is C21H16BrClN4O2. The van der Waals surface area contributed by atoms with Gasteiger partial charge in [-0.25, -0.2) is 0 Å². The molecule has 0 spiro atoms. The van der Waals surface area contributed by atoms with Crippen LogP contribution in [0.3, 0.4) is 0 Å². The lowest BCUT2D eigenvalue weighted by molar-refractivity contribution is 0.101. The van der Waals surface area contributed by atoms with Crippen molar-refractivity contribution in [3.8, 4) is 11.3 Å². The lowest BCUT2D eigenvalue weighted by Gasteiger charge is -2.04. The fourth-order valence-corrected chi connectivity index (χ4v) is 3.38. The van der Waals surface area contributed by atoms with Crippen molar-refractivity contribution in [2.75, 3.05) is 5.32 Å². The largest absolute Gasteiger partial charge is 0.355 e. The number of nitrogens with one attached hydrogen (secondary N) is 1. The molecule has 4 rings (SSSR count). The molecule has 29 heavy (non-hydrogen) atoms. The van der Waals surface area contributed by atoms with Gasteiger partial charge in [0.15, 0.2) is 17.3 Å². The fraction of sp³-hybridized carbons (Fsp3) is 0.0952. The molecule has 1 amide bonds. The van der Waals surface area contributed by atoms with Gasteiger partial charge >= 0.3 is 0 Å². The number of aromatic nitrogens is 3. The van der Waals surface area contributed by atoms with Crippen LogP contribution in [0.4, 0.5) is 5.82 Å². The van der Waals surface area contributed by atoms with E-state index in [0.29, 0.717) is 27.6 Å². The molecule has 0 aliphatic carbocycles. The number of hydrogen-bond acceptors (Lipinski definition) is 4. The summed E-state index contributed by atoms with van der Waals surface area (Å²) >= 11 is 9.63. The van der Waals surface area contributed by atoms with Gasteiger partial charge in [-0.1, -0.05) is 64.8 Å². The molecule has 6 nitrogen and oxygen atoms in total. The highest BCUT2D eigenvalue weighted by Gasteiger charge is 2.17. The van der Waals surface area contributed by atoms with Crippen molar-refractivity contribution in [1.82, 2.24) is 14.9 Å². The van der Waals surface area contributed by atoms with Crippen molar-refractivity contribution >= 4 is 39.3 Å². The topological polar surface area (TPSA) is 73.0 Å². The van der Waals surface area contributed by atoms with Crippen molar-refractivity contribution in [1.29, 1.82) is 0 Å².